The fourth-order valence-corrected chi connectivity index (χ4v) is 5.33. The highest BCUT2D eigenvalue weighted by Crippen LogP contribution is 2.25. The molecular formula is C21H19F2N7O2S. The number of nitrogens with zero attached hydrogens (tertiary/aromatic N) is 7. The lowest BCUT2D eigenvalue weighted by Gasteiger charge is -2.34. The summed E-state index contributed by atoms with van der Waals surface area (Å²) < 4.78 is 56.1. The molecule has 0 bridgehead atoms. The second kappa shape index (κ2) is 8.45. The third-order valence-corrected chi connectivity index (χ3v) is 7.42. The van der Waals surface area contributed by atoms with Crippen LogP contribution in [0.5, 0.6) is 0 Å². The van der Waals surface area contributed by atoms with Crippen LogP contribution in [0.1, 0.15) is 5.56 Å². The average molecular weight is 471 g/mol. The number of aromatic nitrogens is 5. The number of rotatable bonds is 5. The van der Waals surface area contributed by atoms with Gasteiger partial charge < -0.3 is 4.90 Å². The molecule has 0 unspecified atom stereocenters. The van der Waals surface area contributed by atoms with Crippen molar-refractivity contribution in [3.8, 4) is 0 Å². The van der Waals surface area contributed by atoms with Gasteiger partial charge in [-0.2, -0.15) is 4.31 Å². The molecule has 0 saturated carbocycles. The zero-order chi connectivity index (χ0) is 23.0. The number of piperazine rings is 1. The van der Waals surface area contributed by atoms with Crippen molar-refractivity contribution in [3.63, 3.8) is 0 Å². The van der Waals surface area contributed by atoms with Crippen molar-refractivity contribution in [1.29, 1.82) is 0 Å². The number of benzene rings is 2. The van der Waals surface area contributed by atoms with Gasteiger partial charge in [0.25, 0.3) is 0 Å². The average Bonchev–Trinajstić information content (AvgIpc) is 3.24. The maximum absolute atomic E-state index is 14.1. The van der Waals surface area contributed by atoms with E-state index in [-0.39, 0.29) is 13.1 Å². The minimum Gasteiger partial charge on any atom is -0.352 e. The van der Waals surface area contributed by atoms with E-state index in [2.05, 4.69) is 20.3 Å². The van der Waals surface area contributed by atoms with Crippen molar-refractivity contribution in [2.24, 2.45) is 0 Å². The molecule has 4 aromatic rings. The van der Waals surface area contributed by atoms with Crippen LogP contribution in [0, 0.1) is 11.6 Å². The van der Waals surface area contributed by atoms with Gasteiger partial charge in [-0.1, -0.05) is 35.5 Å². The second-order valence-corrected chi connectivity index (χ2v) is 9.47. The van der Waals surface area contributed by atoms with E-state index in [0.29, 0.717) is 42.7 Å². The number of sulfonamides is 1. The Bertz CT molecular complexity index is 1400. The largest absolute Gasteiger partial charge is 0.352 e. The summed E-state index contributed by atoms with van der Waals surface area (Å²) in [5.41, 5.74) is 2.13. The molecule has 1 fully saturated rings. The van der Waals surface area contributed by atoms with Gasteiger partial charge in [0.15, 0.2) is 17.0 Å². The molecule has 0 radical (unpaired) electrons. The molecule has 3 heterocycles. The van der Waals surface area contributed by atoms with Crippen molar-refractivity contribution in [2.75, 3.05) is 31.1 Å². The number of hydrogen-bond donors (Lipinski definition) is 0. The van der Waals surface area contributed by atoms with E-state index in [1.165, 1.54) is 6.33 Å². The molecule has 9 nitrogen and oxygen atoms in total. The normalized spacial score (nSPS) is 15.3. The van der Waals surface area contributed by atoms with Crippen LogP contribution in [0.15, 0.2) is 59.8 Å². The fourth-order valence-electron chi connectivity index (χ4n) is 3.83. The van der Waals surface area contributed by atoms with Gasteiger partial charge >= 0.3 is 0 Å². The molecular weight excluding hydrogens is 452 g/mol. The minimum absolute atomic E-state index is 0.0853. The summed E-state index contributed by atoms with van der Waals surface area (Å²) in [6.45, 7) is 1.27. The Morgan fingerprint density at radius 1 is 0.939 bits per heavy atom. The summed E-state index contributed by atoms with van der Waals surface area (Å²) in [5.74, 6) is -1.24. The van der Waals surface area contributed by atoms with E-state index in [4.69, 9.17) is 0 Å². The Morgan fingerprint density at radius 2 is 1.70 bits per heavy atom. The summed E-state index contributed by atoms with van der Waals surface area (Å²) in [6.07, 6.45) is 1.42. The van der Waals surface area contributed by atoms with Gasteiger partial charge in [-0.15, -0.1) is 5.10 Å². The first kappa shape index (κ1) is 21.3. The van der Waals surface area contributed by atoms with E-state index < -0.39 is 26.6 Å². The van der Waals surface area contributed by atoms with Crippen molar-refractivity contribution in [1.82, 2.24) is 29.3 Å². The van der Waals surface area contributed by atoms with Crippen molar-refractivity contribution < 1.29 is 17.2 Å². The molecule has 0 atom stereocenters. The number of fused-ring (bicyclic) bond motifs is 1. The van der Waals surface area contributed by atoms with Gasteiger partial charge in [0, 0.05) is 26.2 Å². The van der Waals surface area contributed by atoms with E-state index in [9.17, 15) is 17.2 Å². The summed E-state index contributed by atoms with van der Waals surface area (Å²) in [6, 6.07) is 12.2. The highest BCUT2D eigenvalue weighted by atomic mass is 32.2. The molecule has 1 saturated heterocycles. The lowest BCUT2D eigenvalue weighted by atomic mass is 10.2. The summed E-state index contributed by atoms with van der Waals surface area (Å²) >= 11 is 0. The lowest BCUT2D eigenvalue weighted by molar-refractivity contribution is 0.381. The van der Waals surface area contributed by atoms with E-state index in [0.717, 1.165) is 22.0 Å². The Hall–Kier alpha value is -3.51. The SMILES string of the molecule is O=S(=O)(c1cc(F)ccc1F)N1CCN(c2ncnc3c2nnn3Cc2ccccc2)CC1. The zero-order valence-electron chi connectivity index (χ0n) is 17.3. The fraction of sp³-hybridized carbons (Fsp3) is 0.238. The second-order valence-electron chi connectivity index (χ2n) is 7.57. The molecule has 5 rings (SSSR count). The lowest BCUT2D eigenvalue weighted by Crippen LogP contribution is -2.49. The van der Waals surface area contributed by atoms with Gasteiger partial charge in [0.05, 0.1) is 6.54 Å². The third kappa shape index (κ3) is 4.02. The highest BCUT2D eigenvalue weighted by molar-refractivity contribution is 7.89. The van der Waals surface area contributed by atoms with Crippen LogP contribution in [-0.2, 0) is 16.6 Å². The van der Waals surface area contributed by atoms with E-state index >= 15 is 0 Å². The van der Waals surface area contributed by atoms with Crippen molar-refractivity contribution in [2.45, 2.75) is 11.4 Å². The number of hydrogen-bond acceptors (Lipinski definition) is 7. The first-order valence-corrected chi connectivity index (χ1v) is 11.7. The minimum atomic E-state index is -4.17. The maximum Gasteiger partial charge on any atom is 0.246 e. The first-order valence-electron chi connectivity index (χ1n) is 10.2. The molecule has 2 aromatic heterocycles. The molecule has 0 amide bonds. The van der Waals surface area contributed by atoms with Crippen molar-refractivity contribution >= 4 is 27.0 Å². The van der Waals surface area contributed by atoms with Crippen LogP contribution in [0.4, 0.5) is 14.6 Å². The Balaban J connectivity index is 1.36. The molecule has 0 N–H and O–H groups in total. The summed E-state index contributed by atoms with van der Waals surface area (Å²) in [7, 11) is -4.17. The van der Waals surface area contributed by atoms with Gasteiger partial charge in [-0.25, -0.2) is 31.8 Å². The van der Waals surface area contributed by atoms with Gasteiger partial charge in [0.1, 0.15) is 22.9 Å². The van der Waals surface area contributed by atoms with E-state index in [1.54, 1.807) is 4.68 Å². The molecule has 0 spiro atoms. The van der Waals surface area contributed by atoms with Crippen molar-refractivity contribution in [3.05, 3.63) is 72.1 Å². The Morgan fingerprint density at radius 3 is 2.45 bits per heavy atom. The number of anilines is 1. The van der Waals surface area contributed by atoms with Crippen LogP contribution in [0.25, 0.3) is 11.2 Å². The van der Waals surface area contributed by atoms with Crippen LogP contribution < -0.4 is 4.90 Å². The maximum atomic E-state index is 14.1. The predicted molar refractivity (Wildman–Crippen MR) is 116 cm³/mol. The monoisotopic (exact) mass is 471 g/mol. The molecule has 1 aliphatic heterocycles. The summed E-state index contributed by atoms with van der Waals surface area (Å²) in [5, 5.41) is 8.46. The molecule has 0 aliphatic carbocycles. The number of halogens is 2. The molecule has 1 aliphatic rings. The summed E-state index contributed by atoms with van der Waals surface area (Å²) in [4.78, 5) is 9.89. The smallest absolute Gasteiger partial charge is 0.246 e. The van der Waals surface area contributed by atoms with Gasteiger partial charge in [-0.3, -0.25) is 0 Å². The third-order valence-electron chi connectivity index (χ3n) is 5.51. The van der Waals surface area contributed by atoms with Crippen LogP contribution in [0.3, 0.4) is 0 Å². The Kier molecular flexibility index (Phi) is 5.46. The molecule has 170 valence electrons. The quantitative estimate of drug-likeness (QED) is 0.440. The highest BCUT2D eigenvalue weighted by Gasteiger charge is 2.32. The van der Waals surface area contributed by atoms with Crippen LogP contribution in [0.2, 0.25) is 0 Å². The van der Waals surface area contributed by atoms with Crippen LogP contribution >= 0.6 is 0 Å². The molecule has 12 heteroatoms. The predicted octanol–water partition coefficient (Wildman–Crippen LogP) is 2.06. The first-order chi connectivity index (χ1) is 15.9. The van der Waals surface area contributed by atoms with Gasteiger partial charge in [-0.05, 0) is 23.8 Å². The standard InChI is InChI=1S/C21H19F2N7O2S/c22-16-6-7-17(23)18(12-16)33(31,32)29-10-8-28(9-11-29)20-19-21(25-14-24-20)30(27-26-19)13-15-4-2-1-3-5-15/h1-7,12,14H,8-11,13H2. The van der Waals surface area contributed by atoms with Crippen LogP contribution in [-0.4, -0.2) is 63.9 Å². The Labute approximate surface area is 188 Å². The van der Waals surface area contributed by atoms with Gasteiger partial charge in [0.2, 0.25) is 10.0 Å². The molecule has 33 heavy (non-hydrogen) atoms. The topological polar surface area (TPSA) is 97.1 Å². The van der Waals surface area contributed by atoms with E-state index in [1.807, 2.05) is 35.2 Å². The zero-order valence-corrected chi connectivity index (χ0v) is 18.2. The molecule has 2 aromatic carbocycles.